The zero-order chi connectivity index (χ0) is 18.8. The lowest BCUT2D eigenvalue weighted by Gasteiger charge is -2.25. The smallest absolute Gasteiger partial charge is 0.226 e. The fraction of sp³-hybridized carbons (Fsp3) is 0.318. The minimum absolute atomic E-state index is 0.206. The lowest BCUT2D eigenvalue weighted by atomic mass is 10.0. The molecule has 1 saturated heterocycles. The van der Waals surface area contributed by atoms with Crippen molar-refractivity contribution in [3.05, 3.63) is 82.7 Å². The van der Waals surface area contributed by atoms with E-state index in [0.717, 1.165) is 60.0 Å². The lowest BCUT2D eigenvalue weighted by molar-refractivity contribution is 0.627. The Labute approximate surface area is 159 Å². The van der Waals surface area contributed by atoms with Crippen molar-refractivity contribution in [1.29, 1.82) is 0 Å². The van der Waals surface area contributed by atoms with E-state index < -0.39 is 0 Å². The average molecular weight is 362 g/mol. The van der Waals surface area contributed by atoms with Crippen LogP contribution in [0.1, 0.15) is 47.1 Å². The predicted molar refractivity (Wildman–Crippen MR) is 104 cm³/mol. The second kappa shape index (κ2) is 7.43. The van der Waals surface area contributed by atoms with Gasteiger partial charge in [0.15, 0.2) is 0 Å². The quantitative estimate of drug-likeness (QED) is 0.682. The minimum atomic E-state index is -0.206. The van der Waals surface area contributed by atoms with Gasteiger partial charge in [-0.15, -0.1) is 0 Å². The first kappa shape index (κ1) is 17.6. The fourth-order valence-electron chi connectivity index (χ4n) is 3.72. The van der Waals surface area contributed by atoms with E-state index >= 15 is 0 Å². The van der Waals surface area contributed by atoms with Gasteiger partial charge in [-0.25, -0.2) is 14.4 Å². The van der Waals surface area contributed by atoms with Crippen molar-refractivity contribution in [1.82, 2.24) is 15.0 Å². The first-order chi connectivity index (χ1) is 13.1. The summed E-state index contributed by atoms with van der Waals surface area (Å²) in [5, 5.41) is 0. The van der Waals surface area contributed by atoms with Crippen LogP contribution in [0.3, 0.4) is 0 Å². The zero-order valence-electron chi connectivity index (χ0n) is 15.7. The van der Waals surface area contributed by atoms with Gasteiger partial charge in [-0.2, -0.15) is 0 Å². The highest BCUT2D eigenvalue weighted by molar-refractivity contribution is 5.38. The topological polar surface area (TPSA) is 41.9 Å². The largest absolute Gasteiger partial charge is 0.332 e. The highest BCUT2D eigenvalue weighted by atomic mass is 19.1. The number of pyridine rings is 1. The summed E-state index contributed by atoms with van der Waals surface area (Å²) in [7, 11) is 0. The van der Waals surface area contributed by atoms with E-state index in [1.54, 1.807) is 0 Å². The summed E-state index contributed by atoms with van der Waals surface area (Å²) in [6, 6.07) is 13.1. The van der Waals surface area contributed by atoms with Crippen LogP contribution in [0.25, 0.3) is 0 Å². The Morgan fingerprint density at radius 1 is 1.00 bits per heavy atom. The molecular formula is C22H23FN4. The van der Waals surface area contributed by atoms with Gasteiger partial charge in [-0.3, -0.25) is 4.98 Å². The normalized spacial score (nSPS) is 16.7. The predicted octanol–water partition coefficient (Wildman–Crippen LogP) is 4.56. The summed E-state index contributed by atoms with van der Waals surface area (Å²) < 4.78 is 13.1. The Hall–Kier alpha value is -2.82. The van der Waals surface area contributed by atoms with Crippen LogP contribution in [-0.2, 0) is 6.42 Å². The Morgan fingerprint density at radius 3 is 2.37 bits per heavy atom. The molecule has 1 aromatic carbocycles. The molecule has 4 rings (SSSR count). The Morgan fingerprint density at radius 2 is 1.70 bits per heavy atom. The highest BCUT2D eigenvalue weighted by Crippen LogP contribution is 2.33. The van der Waals surface area contributed by atoms with Gasteiger partial charge in [0, 0.05) is 24.1 Å². The number of benzene rings is 1. The van der Waals surface area contributed by atoms with Crippen molar-refractivity contribution in [3.63, 3.8) is 0 Å². The molecule has 0 saturated carbocycles. The zero-order valence-corrected chi connectivity index (χ0v) is 15.7. The van der Waals surface area contributed by atoms with Crippen LogP contribution in [0.15, 0.2) is 48.7 Å². The molecule has 3 heterocycles. The van der Waals surface area contributed by atoms with E-state index in [0.29, 0.717) is 0 Å². The number of nitrogens with zero attached hydrogens (tertiary/aromatic N) is 4. The molecule has 1 atom stereocenters. The van der Waals surface area contributed by atoms with Crippen LogP contribution >= 0.6 is 0 Å². The summed E-state index contributed by atoms with van der Waals surface area (Å²) in [5.41, 5.74) is 5.24. The van der Waals surface area contributed by atoms with Gasteiger partial charge >= 0.3 is 0 Å². The number of hydrogen-bond donors (Lipinski definition) is 0. The van der Waals surface area contributed by atoms with Gasteiger partial charge < -0.3 is 4.90 Å². The maximum absolute atomic E-state index is 13.1. The van der Waals surface area contributed by atoms with E-state index in [-0.39, 0.29) is 11.9 Å². The summed E-state index contributed by atoms with van der Waals surface area (Å²) >= 11 is 0. The standard InChI is InChI=1S/C22H23FN4/c1-15-12-16(2)26-22(25-15)27-11-3-4-21(27)20-10-7-18(14-24-20)13-17-5-8-19(23)9-6-17/h5-10,12,14,21H,3-4,11,13H2,1-2H3. The van der Waals surface area contributed by atoms with Gasteiger partial charge in [0.2, 0.25) is 5.95 Å². The van der Waals surface area contributed by atoms with Crippen LogP contribution in [0.4, 0.5) is 10.3 Å². The van der Waals surface area contributed by atoms with E-state index in [2.05, 4.69) is 27.0 Å². The number of anilines is 1. The van der Waals surface area contributed by atoms with Crippen molar-refractivity contribution >= 4 is 5.95 Å². The molecule has 1 unspecified atom stereocenters. The molecule has 1 fully saturated rings. The van der Waals surface area contributed by atoms with Crippen LogP contribution in [0, 0.1) is 19.7 Å². The Bertz CT molecular complexity index is 902. The van der Waals surface area contributed by atoms with Gasteiger partial charge in [0.25, 0.3) is 0 Å². The molecule has 3 aromatic rings. The summed E-state index contributed by atoms with van der Waals surface area (Å²) in [4.78, 5) is 16.2. The SMILES string of the molecule is Cc1cc(C)nc(N2CCCC2c2ccc(Cc3ccc(F)cc3)cn2)n1. The molecule has 0 radical (unpaired) electrons. The summed E-state index contributed by atoms with van der Waals surface area (Å²) in [6.45, 7) is 4.96. The molecule has 0 spiro atoms. The lowest BCUT2D eigenvalue weighted by Crippen LogP contribution is -2.25. The molecule has 5 heteroatoms. The Kier molecular flexibility index (Phi) is 4.84. The van der Waals surface area contributed by atoms with Gasteiger partial charge in [0.05, 0.1) is 11.7 Å². The maximum atomic E-state index is 13.1. The van der Waals surface area contributed by atoms with E-state index in [9.17, 15) is 4.39 Å². The summed E-state index contributed by atoms with van der Waals surface area (Å²) in [5.74, 6) is 0.592. The highest BCUT2D eigenvalue weighted by Gasteiger charge is 2.29. The van der Waals surface area contributed by atoms with E-state index in [4.69, 9.17) is 4.98 Å². The van der Waals surface area contributed by atoms with Gasteiger partial charge in [-0.05, 0) is 68.5 Å². The number of aryl methyl sites for hydroxylation is 2. The van der Waals surface area contributed by atoms with Crippen LogP contribution in [0.5, 0.6) is 0 Å². The second-order valence-corrected chi connectivity index (χ2v) is 7.20. The van der Waals surface area contributed by atoms with Crippen molar-refractivity contribution in [2.75, 3.05) is 11.4 Å². The van der Waals surface area contributed by atoms with Crippen LogP contribution in [0.2, 0.25) is 0 Å². The van der Waals surface area contributed by atoms with Crippen LogP contribution in [-0.4, -0.2) is 21.5 Å². The molecule has 0 bridgehead atoms. The third-order valence-corrected chi connectivity index (χ3v) is 4.99. The van der Waals surface area contributed by atoms with Gasteiger partial charge in [-0.1, -0.05) is 18.2 Å². The summed E-state index contributed by atoms with van der Waals surface area (Å²) in [6.07, 6.45) is 4.85. The molecule has 2 aromatic heterocycles. The monoisotopic (exact) mass is 362 g/mol. The fourth-order valence-corrected chi connectivity index (χ4v) is 3.72. The van der Waals surface area contributed by atoms with Crippen molar-refractivity contribution in [2.45, 2.75) is 39.2 Å². The number of halogens is 1. The molecule has 0 N–H and O–H groups in total. The van der Waals surface area contributed by atoms with Crippen molar-refractivity contribution < 1.29 is 4.39 Å². The second-order valence-electron chi connectivity index (χ2n) is 7.20. The number of aromatic nitrogens is 3. The molecule has 1 aliphatic heterocycles. The molecule has 27 heavy (non-hydrogen) atoms. The number of hydrogen-bond acceptors (Lipinski definition) is 4. The third-order valence-electron chi connectivity index (χ3n) is 4.99. The molecule has 0 amide bonds. The van der Waals surface area contributed by atoms with Crippen molar-refractivity contribution in [3.8, 4) is 0 Å². The molecule has 0 aliphatic carbocycles. The van der Waals surface area contributed by atoms with Crippen LogP contribution < -0.4 is 4.90 Å². The van der Waals surface area contributed by atoms with E-state index in [1.807, 2.05) is 38.2 Å². The average Bonchev–Trinajstić information content (AvgIpc) is 3.13. The third kappa shape index (κ3) is 3.97. The number of rotatable bonds is 4. The van der Waals surface area contributed by atoms with Crippen molar-refractivity contribution in [2.24, 2.45) is 0 Å². The molecular weight excluding hydrogens is 339 g/mol. The molecule has 1 aliphatic rings. The maximum Gasteiger partial charge on any atom is 0.226 e. The van der Waals surface area contributed by atoms with Gasteiger partial charge in [0.1, 0.15) is 5.82 Å². The molecule has 138 valence electrons. The first-order valence-corrected chi connectivity index (χ1v) is 9.37. The molecule has 4 nitrogen and oxygen atoms in total. The van der Waals surface area contributed by atoms with E-state index in [1.165, 1.54) is 12.1 Å². The first-order valence-electron chi connectivity index (χ1n) is 9.37. The minimum Gasteiger partial charge on any atom is -0.332 e. The Balaban J connectivity index is 1.53.